The molecule has 1 N–H and O–H groups in total. The van der Waals surface area contributed by atoms with Gasteiger partial charge in [0.2, 0.25) is 5.91 Å². The molecule has 0 spiro atoms. The molecule has 0 unspecified atom stereocenters. The summed E-state index contributed by atoms with van der Waals surface area (Å²) >= 11 is 0. The summed E-state index contributed by atoms with van der Waals surface area (Å²) in [5.74, 6) is 1.04. The number of hydrogen-bond donors (Lipinski definition) is 1. The minimum atomic E-state index is -0.0349. The van der Waals surface area contributed by atoms with Gasteiger partial charge in [0.15, 0.2) is 0 Å². The van der Waals surface area contributed by atoms with Crippen LogP contribution >= 0.6 is 0 Å². The van der Waals surface area contributed by atoms with Crippen LogP contribution < -0.4 is 0 Å². The van der Waals surface area contributed by atoms with Gasteiger partial charge in [-0.15, -0.1) is 0 Å². The number of nitrogens with zero attached hydrogens (tertiary/aromatic N) is 2. The highest BCUT2D eigenvalue weighted by Gasteiger charge is 2.42. The molecule has 1 aromatic rings. The van der Waals surface area contributed by atoms with Crippen molar-refractivity contribution in [1.82, 2.24) is 9.80 Å². The number of aryl methyl sites for hydroxylation is 1. The lowest BCUT2D eigenvalue weighted by Crippen LogP contribution is -2.43. The Balaban J connectivity index is 1.98. The molecule has 1 aromatic carbocycles. The third kappa shape index (κ3) is 5.55. The normalized spacial score (nSPS) is 23.0. The molecule has 0 bridgehead atoms. The number of aliphatic hydroxyl groups excluding tert-OH is 1. The Labute approximate surface area is 159 Å². The Morgan fingerprint density at radius 1 is 1.27 bits per heavy atom. The van der Waals surface area contributed by atoms with Crippen LogP contribution in [0.3, 0.4) is 0 Å². The molecule has 1 saturated heterocycles. The molecule has 1 fully saturated rings. The van der Waals surface area contributed by atoms with Gasteiger partial charge in [0.1, 0.15) is 0 Å². The van der Waals surface area contributed by atoms with Gasteiger partial charge < -0.3 is 14.9 Å². The highest BCUT2D eigenvalue weighted by Crippen LogP contribution is 2.33. The van der Waals surface area contributed by atoms with E-state index in [0.29, 0.717) is 18.3 Å². The lowest BCUT2D eigenvalue weighted by Gasteiger charge is -2.30. The first-order valence-electron chi connectivity index (χ1n) is 10.2. The van der Waals surface area contributed by atoms with Gasteiger partial charge in [0.05, 0.1) is 12.6 Å². The van der Waals surface area contributed by atoms with Crippen molar-refractivity contribution in [2.24, 2.45) is 11.8 Å². The molecule has 4 nitrogen and oxygen atoms in total. The molecule has 1 heterocycles. The zero-order valence-electron chi connectivity index (χ0n) is 16.7. The SMILES string of the molecule is CCCCN(C)C[C@@H]1[C@H](CC)CN(C(=O)CCc2ccccc2)[C@@H]1CO. The van der Waals surface area contributed by atoms with E-state index in [1.807, 2.05) is 23.1 Å². The summed E-state index contributed by atoms with van der Waals surface area (Å²) in [4.78, 5) is 17.2. The lowest BCUT2D eigenvalue weighted by atomic mass is 9.88. The predicted octanol–water partition coefficient (Wildman–Crippen LogP) is 3.20. The standard InChI is InChI=1S/C22H36N2O2/c1-4-6-14-23(3)16-20-19(5-2)15-24(21(20)17-25)22(26)13-12-18-10-8-7-9-11-18/h7-11,19-21,25H,4-6,12-17H2,1-3H3/t19-,20-,21-/m1/s1. The fourth-order valence-electron chi connectivity index (χ4n) is 4.21. The molecule has 2 rings (SSSR count). The lowest BCUT2D eigenvalue weighted by molar-refractivity contribution is -0.133. The Morgan fingerprint density at radius 2 is 2.00 bits per heavy atom. The molecular weight excluding hydrogens is 324 g/mol. The van der Waals surface area contributed by atoms with E-state index in [1.165, 1.54) is 18.4 Å². The third-order valence-corrected chi connectivity index (χ3v) is 5.85. The van der Waals surface area contributed by atoms with Crippen LogP contribution in [0.25, 0.3) is 0 Å². The van der Waals surface area contributed by atoms with E-state index >= 15 is 0 Å². The number of carbonyl (C=O) groups excluding carboxylic acids is 1. The van der Waals surface area contributed by atoms with Gasteiger partial charge in [-0.05, 0) is 43.8 Å². The minimum absolute atomic E-state index is 0.0349. The van der Waals surface area contributed by atoms with Crippen molar-refractivity contribution in [1.29, 1.82) is 0 Å². The zero-order valence-corrected chi connectivity index (χ0v) is 16.7. The summed E-state index contributed by atoms with van der Waals surface area (Å²) in [5.41, 5.74) is 1.20. The first-order valence-corrected chi connectivity index (χ1v) is 10.2. The van der Waals surface area contributed by atoms with Crippen molar-refractivity contribution in [3.63, 3.8) is 0 Å². The number of amides is 1. The smallest absolute Gasteiger partial charge is 0.223 e. The Hall–Kier alpha value is -1.39. The molecule has 0 aliphatic carbocycles. The fraction of sp³-hybridized carbons (Fsp3) is 0.682. The Kier molecular flexibility index (Phi) is 8.60. The topological polar surface area (TPSA) is 43.8 Å². The maximum atomic E-state index is 12.9. The first kappa shape index (κ1) is 20.9. The summed E-state index contributed by atoms with van der Waals surface area (Å²) in [6.45, 7) is 7.33. The summed E-state index contributed by atoms with van der Waals surface area (Å²) < 4.78 is 0. The van der Waals surface area contributed by atoms with Crippen molar-refractivity contribution in [2.75, 3.05) is 33.3 Å². The van der Waals surface area contributed by atoms with Gasteiger partial charge in [0.25, 0.3) is 0 Å². The van der Waals surface area contributed by atoms with Gasteiger partial charge in [-0.1, -0.05) is 57.0 Å². The van der Waals surface area contributed by atoms with E-state index in [1.54, 1.807) is 0 Å². The van der Waals surface area contributed by atoms with E-state index in [9.17, 15) is 9.90 Å². The van der Waals surface area contributed by atoms with Crippen molar-refractivity contribution >= 4 is 5.91 Å². The largest absolute Gasteiger partial charge is 0.394 e. The molecule has 146 valence electrons. The van der Waals surface area contributed by atoms with Crippen LogP contribution in [-0.4, -0.2) is 60.1 Å². The van der Waals surface area contributed by atoms with Crippen LogP contribution in [0.4, 0.5) is 0 Å². The van der Waals surface area contributed by atoms with Crippen molar-refractivity contribution in [3.8, 4) is 0 Å². The Bertz CT molecular complexity index is 534. The van der Waals surface area contributed by atoms with E-state index < -0.39 is 0 Å². The quantitative estimate of drug-likeness (QED) is 0.697. The number of unbranched alkanes of at least 4 members (excludes halogenated alkanes) is 1. The van der Waals surface area contributed by atoms with Crippen LogP contribution in [-0.2, 0) is 11.2 Å². The molecule has 1 amide bonds. The molecule has 1 aliphatic heterocycles. The molecule has 0 aromatic heterocycles. The number of hydrogen-bond acceptors (Lipinski definition) is 3. The number of carbonyl (C=O) groups is 1. The van der Waals surface area contributed by atoms with Crippen molar-refractivity contribution < 1.29 is 9.90 Å². The maximum absolute atomic E-state index is 12.9. The van der Waals surface area contributed by atoms with Gasteiger partial charge in [-0.2, -0.15) is 0 Å². The summed E-state index contributed by atoms with van der Waals surface area (Å²) in [6, 6.07) is 10.1. The average Bonchev–Trinajstić information content (AvgIpc) is 3.02. The predicted molar refractivity (Wildman–Crippen MR) is 107 cm³/mol. The number of aliphatic hydroxyl groups is 1. The van der Waals surface area contributed by atoms with Crippen LogP contribution in [0.15, 0.2) is 30.3 Å². The molecule has 4 heteroatoms. The number of rotatable bonds is 10. The summed E-state index contributed by atoms with van der Waals surface area (Å²) in [6.07, 6.45) is 4.75. The Morgan fingerprint density at radius 3 is 2.62 bits per heavy atom. The van der Waals surface area contributed by atoms with Crippen LogP contribution in [0.2, 0.25) is 0 Å². The van der Waals surface area contributed by atoms with Gasteiger partial charge in [-0.25, -0.2) is 0 Å². The summed E-state index contributed by atoms with van der Waals surface area (Å²) in [5, 5.41) is 10.0. The van der Waals surface area contributed by atoms with E-state index in [2.05, 4.69) is 37.9 Å². The monoisotopic (exact) mass is 360 g/mol. The number of likely N-dealkylation sites (tertiary alicyclic amines) is 1. The van der Waals surface area contributed by atoms with Gasteiger partial charge in [0, 0.05) is 19.5 Å². The second-order valence-electron chi connectivity index (χ2n) is 7.73. The van der Waals surface area contributed by atoms with E-state index in [-0.39, 0.29) is 18.6 Å². The molecule has 1 aliphatic rings. The van der Waals surface area contributed by atoms with E-state index in [4.69, 9.17) is 0 Å². The van der Waals surface area contributed by atoms with E-state index in [0.717, 1.165) is 32.5 Å². The van der Waals surface area contributed by atoms with Gasteiger partial charge in [-0.3, -0.25) is 4.79 Å². The van der Waals surface area contributed by atoms with Gasteiger partial charge >= 0.3 is 0 Å². The molecule has 26 heavy (non-hydrogen) atoms. The van der Waals surface area contributed by atoms with Crippen molar-refractivity contribution in [3.05, 3.63) is 35.9 Å². The third-order valence-electron chi connectivity index (χ3n) is 5.85. The van der Waals surface area contributed by atoms with Crippen molar-refractivity contribution in [2.45, 2.75) is 52.0 Å². The average molecular weight is 361 g/mol. The van der Waals surface area contributed by atoms with Crippen LogP contribution in [0, 0.1) is 11.8 Å². The second-order valence-corrected chi connectivity index (χ2v) is 7.73. The second kappa shape index (κ2) is 10.7. The maximum Gasteiger partial charge on any atom is 0.223 e. The zero-order chi connectivity index (χ0) is 18.9. The van der Waals surface area contributed by atoms with Crippen LogP contribution in [0.5, 0.6) is 0 Å². The highest BCUT2D eigenvalue weighted by molar-refractivity contribution is 5.77. The minimum Gasteiger partial charge on any atom is -0.394 e. The molecule has 3 atom stereocenters. The number of benzene rings is 1. The fourth-order valence-corrected chi connectivity index (χ4v) is 4.21. The molecule has 0 radical (unpaired) electrons. The van der Waals surface area contributed by atoms with Crippen LogP contribution in [0.1, 0.15) is 45.1 Å². The molecule has 0 saturated carbocycles. The molecular formula is C22H36N2O2. The summed E-state index contributed by atoms with van der Waals surface area (Å²) in [7, 11) is 2.16. The highest BCUT2D eigenvalue weighted by atomic mass is 16.3. The first-order chi connectivity index (χ1) is 12.6.